The van der Waals surface area contributed by atoms with Crippen LogP contribution in [0.3, 0.4) is 0 Å². The number of likely N-dealkylation sites (tertiary alicyclic amines) is 1. The number of benzene rings is 2. The highest BCUT2D eigenvalue weighted by atomic mass is 28.1. The van der Waals surface area contributed by atoms with Crippen LogP contribution in [0.15, 0.2) is 48.7 Å². The predicted molar refractivity (Wildman–Crippen MR) is 129 cm³/mol. The number of carbonyl (C=O) groups excluding carboxylic acids is 1. The molecule has 1 N–H and O–H groups in total. The van der Waals surface area contributed by atoms with Gasteiger partial charge in [0.15, 0.2) is 0 Å². The molecule has 2 aromatic carbocycles. The maximum Gasteiger partial charge on any atom is 0.252 e. The summed E-state index contributed by atoms with van der Waals surface area (Å²) in [7, 11) is 7.46. The second-order valence-corrected chi connectivity index (χ2v) is 9.71. The van der Waals surface area contributed by atoms with E-state index in [1.54, 1.807) is 13.3 Å². The Kier molecular flexibility index (Phi) is 5.62. The van der Waals surface area contributed by atoms with E-state index in [1.165, 1.54) is 0 Å². The van der Waals surface area contributed by atoms with Crippen molar-refractivity contribution in [3.63, 3.8) is 0 Å². The lowest BCUT2D eigenvalue weighted by Crippen LogP contribution is -2.53. The summed E-state index contributed by atoms with van der Waals surface area (Å²) in [6.07, 6.45) is 4.61. The van der Waals surface area contributed by atoms with E-state index >= 15 is 0 Å². The standard InChI is InChI=1S/C26H28N3O3Si/c1-16-6-7-18(32-25(33)22-8-12-29(22)2)14-20(16)24(30)28-26(9-10-26)21-15-19(31-3)13-17-5-4-11-27-23(17)21/h4-7,11,13-15,22,25H,8-10,12H2,1-3H3,(H,28,30)/t22-,25-/m0/s1. The van der Waals surface area contributed by atoms with Gasteiger partial charge in [-0.2, -0.15) is 0 Å². The third-order valence-electron chi connectivity index (χ3n) is 6.94. The van der Waals surface area contributed by atoms with Gasteiger partial charge in [-0.1, -0.05) is 12.1 Å². The zero-order valence-electron chi connectivity index (χ0n) is 19.2. The minimum Gasteiger partial charge on any atom is -0.497 e. The minimum absolute atomic E-state index is 0.103. The Morgan fingerprint density at radius 2 is 2.06 bits per heavy atom. The maximum absolute atomic E-state index is 13.4. The van der Waals surface area contributed by atoms with Crippen molar-refractivity contribution >= 4 is 27.1 Å². The Morgan fingerprint density at radius 1 is 1.24 bits per heavy atom. The first-order chi connectivity index (χ1) is 15.9. The van der Waals surface area contributed by atoms with Gasteiger partial charge in [0.25, 0.3) is 5.91 Å². The molecule has 1 aliphatic heterocycles. The van der Waals surface area contributed by atoms with E-state index in [-0.39, 0.29) is 11.6 Å². The number of pyridine rings is 1. The van der Waals surface area contributed by atoms with E-state index in [9.17, 15) is 4.79 Å². The quantitative estimate of drug-likeness (QED) is 0.549. The topological polar surface area (TPSA) is 63.7 Å². The molecule has 5 rings (SSSR count). The Bertz CT molecular complexity index is 1210. The highest BCUT2D eigenvalue weighted by molar-refractivity contribution is 6.11. The normalized spacial score (nSPS) is 20.1. The first kappa shape index (κ1) is 21.9. The Hall–Kier alpha value is -2.90. The molecule has 0 spiro atoms. The van der Waals surface area contributed by atoms with E-state index in [4.69, 9.17) is 9.47 Å². The van der Waals surface area contributed by atoms with Crippen molar-refractivity contribution in [3.05, 3.63) is 65.4 Å². The van der Waals surface area contributed by atoms with Gasteiger partial charge in [0, 0.05) is 28.8 Å². The third kappa shape index (κ3) is 4.11. The second kappa shape index (κ2) is 8.46. The van der Waals surface area contributed by atoms with Crippen LogP contribution in [0.4, 0.5) is 0 Å². The largest absolute Gasteiger partial charge is 0.497 e. The lowest BCUT2D eigenvalue weighted by Gasteiger charge is -2.41. The van der Waals surface area contributed by atoms with E-state index in [0.717, 1.165) is 53.6 Å². The number of nitrogens with one attached hydrogen (secondary N) is 1. The van der Waals surface area contributed by atoms with E-state index in [2.05, 4.69) is 32.5 Å². The van der Waals surface area contributed by atoms with Gasteiger partial charge >= 0.3 is 0 Å². The van der Waals surface area contributed by atoms with Gasteiger partial charge in [0.05, 0.1) is 34.1 Å². The molecule has 2 heterocycles. The number of methoxy groups -OCH3 is 1. The van der Waals surface area contributed by atoms with Crippen molar-refractivity contribution in [2.45, 2.75) is 43.5 Å². The molecule has 1 saturated carbocycles. The van der Waals surface area contributed by atoms with Gasteiger partial charge in [0.2, 0.25) is 0 Å². The highest BCUT2D eigenvalue weighted by Crippen LogP contribution is 2.49. The number of hydrogen-bond donors (Lipinski definition) is 1. The zero-order valence-corrected chi connectivity index (χ0v) is 20.2. The lowest BCUT2D eigenvalue weighted by molar-refractivity contribution is 0.0562. The van der Waals surface area contributed by atoms with Crippen LogP contribution in [0.25, 0.3) is 10.9 Å². The summed E-state index contributed by atoms with van der Waals surface area (Å²) in [6, 6.07) is 14.0. The van der Waals surface area contributed by atoms with Crippen LogP contribution >= 0.6 is 0 Å². The molecule has 1 saturated heterocycles. The zero-order chi connectivity index (χ0) is 23.2. The van der Waals surface area contributed by atoms with E-state index in [1.807, 2.05) is 49.4 Å². The molecule has 1 aromatic heterocycles. The molecule has 2 atom stereocenters. The predicted octanol–water partition coefficient (Wildman–Crippen LogP) is 3.55. The molecule has 0 bridgehead atoms. The van der Waals surface area contributed by atoms with Crippen LogP contribution in [-0.2, 0) is 5.54 Å². The molecule has 3 radical (unpaired) electrons. The fourth-order valence-corrected chi connectivity index (χ4v) is 5.14. The van der Waals surface area contributed by atoms with Crippen molar-refractivity contribution in [3.8, 4) is 11.5 Å². The van der Waals surface area contributed by atoms with Crippen molar-refractivity contribution in [1.29, 1.82) is 0 Å². The number of rotatable bonds is 7. The van der Waals surface area contributed by atoms with Gasteiger partial charge in [-0.3, -0.25) is 9.78 Å². The fraction of sp³-hybridized carbons (Fsp3) is 0.385. The molecule has 0 unspecified atom stereocenters. The average molecular weight is 459 g/mol. The molecule has 33 heavy (non-hydrogen) atoms. The number of likely N-dealkylation sites (N-methyl/N-ethyl adjacent to an activating group) is 1. The molecular weight excluding hydrogens is 430 g/mol. The maximum atomic E-state index is 13.4. The van der Waals surface area contributed by atoms with Crippen LogP contribution in [0.5, 0.6) is 11.5 Å². The van der Waals surface area contributed by atoms with Crippen LogP contribution in [0.2, 0.25) is 0 Å². The van der Waals surface area contributed by atoms with Crippen molar-refractivity contribution < 1.29 is 14.3 Å². The molecule has 3 aromatic rings. The Balaban J connectivity index is 1.40. The average Bonchev–Trinajstić information content (AvgIpc) is 3.58. The summed E-state index contributed by atoms with van der Waals surface area (Å²) in [5, 5.41) is 4.31. The minimum atomic E-state index is -0.437. The summed E-state index contributed by atoms with van der Waals surface area (Å²) in [4.78, 5) is 20.3. The van der Waals surface area contributed by atoms with Crippen LogP contribution in [0, 0.1) is 6.92 Å². The molecule has 169 valence electrons. The van der Waals surface area contributed by atoms with Crippen molar-refractivity contribution in [2.24, 2.45) is 0 Å². The highest BCUT2D eigenvalue weighted by Gasteiger charge is 2.47. The lowest BCUT2D eigenvalue weighted by atomic mass is 9.99. The summed E-state index contributed by atoms with van der Waals surface area (Å²) in [5.41, 5.74) is 2.88. The van der Waals surface area contributed by atoms with E-state index in [0.29, 0.717) is 17.4 Å². The second-order valence-electron chi connectivity index (χ2n) is 9.14. The number of hydrogen-bond acceptors (Lipinski definition) is 5. The number of nitrogens with zero attached hydrogens (tertiary/aromatic N) is 2. The van der Waals surface area contributed by atoms with Crippen LogP contribution in [-0.4, -0.2) is 58.5 Å². The number of carbonyl (C=O) groups is 1. The summed E-state index contributed by atoms with van der Waals surface area (Å²) < 4.78 is 11.6. The van der Waals surface area contributed by atoms with Gasteiger partial charge in [-0.15, -0.1) is 0 Å². The molecule has 1 aliphatic carbocycles. The molecule has 1 amide bonds. The number of ether oxygens (including phenoxy) is 2. The smallest absolute Gasteiger partial charge is 0.252 e. The van der Waals surface area contributed by atoms with Gasteiger partial charge in [0.1, 0.15) is 11.5 Å². The first-order valence-electron chi connectivity index (χ1n) is 11.3. The first-order valence-corrected chi connectivity index (χ1v) is 11.9. The number of fused-ring (bicyclic) bond motifs is 1. The molecule has 6 nitrogen and oxygen atoms in total. The summed E-state index contributed by atoms with van der Waals surface area (Å²) >= 11 is 0. The molecular formula is C26H28N3O3Si. The SMILES string of the molecule is COc1cc(C2(NC(=O)c3cc(O[C@@H]([Si])[C@@H]4CCN4C)ccc3C)CC2)c2ncccc2c1. The van der Waals surface area contributed by atoms with E-state index < -0.39 is 5.54 Å². The van der Waals surface area contributed by atoms with Crippen LogP contribution < -0.4 is 14.8 Å². The monoisotopic (exact) mass is 458 g/mol. The number of aromatic nitrogens is 1. The number of amides is 1. The van der Waals surface area contributed by atoms with Gasteiger partial charge in [-0.25, -0.2) is 0 Å². The van der Waals surface area contributed by atoms with Crippen molar-refractivity contribution in [1.82, 2.24) is 15.2 Å². The van der Waals surface area contributed by atoms with Gasteiger partial charge < -0.3 is 19.7 Å². The summed E-state index contributed by atoms with van der Waals surface area (Å²) in [6.45, 7) is 3.03. The molecule has 7 heteroatoms. The summed E-state index contributed by atoms with van der Waals surface area (Å²) in [5.74, 6) is 1.35. The van der Waals surface area contributed by atoms with Crippen LogP contribution in [0.1, 0.15) is 40.7 Å². The van der Waals surface area contributed by atoms with Gasteiger partial charge in [-0.05, 0) is 75.7 Å². The van der Waals surface area contributed by atoms with Crippen molar-refractivity contribution in [2.75, 3.05) is 20.7 Å². The third-order valence-corrected chi connectivity index (χ3v) is 7.45. The Morgan fingerprint density at radius 3 is 2.73 bits per heavy atom. The Labute approximate surface area is 197 Å². The molecule has 2 aliphatic rings. The number of aryl methyl sites for hydroxylation is 1. The molecule has 2 fully saturated rings. The fourth-order valence-electron chi connectivity index (χ4n) is 4.58.